The van der Waals surface area contributed by atoms with E-state index in [2.05, 4.69) is 15.2 Å². The zero-order chi connectivity index (χ0) is 15.6. The summed E-state index contributed by atoms with van der Waals surface area (Å²) in [7, 11) is 0. The molecule has 6 nitrogen and oxygen atoms in total. The quantitative estimate of drug-likeness (QED) is 0.885. The number of nitrogens with one attached hydrogen (secondary N) is 1. The molecule has 22 heavy (non-hydrogen) atoms. The summed E-state index contributed by atoms with van der Waals surface area (Å²) in [4.78, 5) is 19.1. The topological polar surface area (TPSA) is 80.5 Å². The molecule has 0 aliphatic carbocycles. The van der Waals surface area contributed by atoms with Gasteiger partial charge in [-0.2, -0.15) is 0 Å². The van der Waals surface area contributed by atoms with Gasteiger partial charge in [-0.3, -0.25) is 4.79 Å². The molecule has 1 aromatic rings. The fourth-order valence-electron chi connectivity index (χ4n) is 3.11. The van der Waals surface area contributed by atoms with Crippen molar-refractivity contribution in [2.45, 2.75) is 44.2 Å². The van der Waals surface area contributed by atoms with Crippen LogP contribution in [-0.4, -0.2) is 42.2 Å². The second kappa shape index (κ2) is 6.22. The molecule has 2 fully saturated rings. The summed E-state index contributed by atoms with van der Waals surface area (Å²) < 4.78 is 5.65. The van der Waals surface area contributed by atoms with Crippen LogP contribution in [0.4, 0.5) is 11.5 Å². The highest BCUT2D eigenvalue weighted by molar-refractivity contribution is 5.97. The molecular formula is C16H24N4O2. The number of amides is 1. The van der Waals surface area contributed by atoms with Crippen LogP contribution in [0.2, 0.25) is 0 Å². The van der Waals surface area contributed by atoms with Crippen LogP contribution < -0.4 is 16.0 Å². The van der Waals surface area contributed by atoms with E-state index in [4.69, 9.17) is 10.5 Å². The standard InChI is InChI=1S/C16H24N4O2/c1-16(10-12(17)6-9-22-16)15(21)19-13-4-5-14(18-11-13)20-7-2-3-8-20/h4-5,11-12H,2-3,6-10,17H2,1H3,(H,19,21). The van der Waals surface area contributed by atoms with E-state index in [9.17, 15) is 4.79 Å². The number of carbonyl (C=O) groups excluding carboxylic acids is 1. The molecule has 0 radical (unpaired) electrons. The van der Waals surface area contributed by atoms with Gasteiger partial charge in [0.15, 0.2) is 0 Å². The molecule has 120 valence electrons. The van der Waals surface area contributed by atoms with Crippen LogP contribution in [0.15, 0.2) is 18.3 Å². The third-order valence-electron chi connectivity index (χ3n) is 4.48. The van der Waals surface area contributed by atoms with Crippen LogP contribution in [0.5, 0.6) is 0 Å². The fraction of sp³-hybridized carbons (Fsp3) is 0.625. The van der Waals surface area contributed by atoms with Crippen molar-refractivity contribution in [3.8, 4) is 0 Å². The molecule has 0 saturated carbocycles. The smallest absolute Gasteiger partial charge is 0.256 e. The van der Waals surface area contributed by atoms with Crippen molar-refractivity contribution in [1.82, 2.24) is 4.98 Å². The van der Waals surface area contributed by atoms with Crippen molar-refractivity contribution in [1.29, 1.82) is 0 Å². The van der Waals surface area contributed by atoms with Crippen LogP contribution in [0.25, 0.3) is 0 Å². The Bertz CT molecular complexity index is 527. The van der Waals surface area contributed by atoms with Crippen molar-refractivity contribution in [2.24, 2.45) is 5.73 Å². The summed E-state index contributed by atoms with van der Waals surface area (Å²) in [6.45, 7) is 4.44. The molecule has 6 heteroatoms. The molecule has 3 rings (SSSR count). The molecule has 3 heterocycles. The van der Waals surface area contributed by atoms with Crippen LogP contribution in [-0.2, 0) is 9.53 Å². The number of pyridine rings is 1. The average Bonchev–Trinajstić information content (AvgIpc) is 3.02. The van der Waals surface area contributed by atoms with E-state index in [1.165, 1.54) is 12.8 Å². The van der Waals surface area contributed by atoms with E-state index in [1.807, 2.05) is 12.1 Å². The molecule has 0 bridgehead atoms. The fourth-order valence-corrected chi connectivity index (χ4v) is 3.11. The van der Waals surface area contributed by atoms with Gasteiger partial charge in [-0.1, -0.05) is 0 Å². The first-order chi connectivity index (χ1) is 10.6. The Balaban J connectivity index is 1.63. The zero-order valence-corrected chi connectivity index (χ0v) is 13.0. The maximum Gasteiger partial charge on any atom is 0.256 e. The largest absolute Gasteiger partial charge is 0.365 e. The van der Waals surface area contributed by atoms with Gasteiger partial charge in [-0.25, -0.2) is 4.98 Å². The second-order valence-electron chi connectivity index (χ2n) is 6.39. The van der Waals surface area contributed by atoms with Gasteiger partial charge in [0, 0.05) is 32.2 Å². The highest BCUT2D eigenvalue weighted by Crippen LogP contribution is 2.26. The summed E-state index contributed by atoms with van der Waals surface area (Å²) in [5, 5.41) is 2.89. The SMILES string of the molecule is CC1(C(=O)Nc2ccc(N3CCCC3)nc2)CC(N)CCO1. The van der Waals surface area contributed by atoms with Crippen LogP contribution in [0.3, 0.4) is 0 Å². The first-order valence-corrected chi connectivity index (χ1v) is 7.99. The minimum Gasteiger partial charge on any atom is -0.365 e. The monoisotopic (exact) mass is 304 g/mol. The normalized spacial score (nSPS) is 28.6. The molecule has 2 saturated heterocycles. The molecule has 2 atom stereocenters. The average molecular weight is 304 g/mol. The molecule has 0 aromatic carbocycles. The maximum atomic E-state index is 12.4. The number of nitrogens with zero attached hydrogens (tertiary/aromatic N) is 2. The Hall–Kier alpha value is -1.66. The van der Waals surface area contributed by atoms with Crippen molar-refractivity contribution >= 4 is 17.4 Å². The highest BCUT2D eigenvalue weighted by Gasteiger charge is 2.39. The van der Waals surface area contributed by atoms with Gasteiger partial charge in [0.25, 0.3) is 5.91 Å². The van der Waals surface area contributed by atoms with E-state index in [0.29, 0.717) is 18.7 Å². The molecule has 2 aliphatic rings. The van der Waals surface area contributed by atoms with Gasteiger partial charge in [-0.05, 0) is 38.3 Å². The lowest BCUT2D eigenvalue weighted by Crippen LogP contribution is -2.50. The third-order valence-corrected chi connectivity index (χ3v) is 4.48. The van der Waals surface area contributed by atoms with Gasteiger partial charge < -0.3 is 20.7 Å². The van der Waals surface area contributed by atoms with E-state index < -0.39 is 5.60 Å². The van der Waals surface area contributed by atoms with Crippen molar-refractivity contribution in [3.05, 3.63) is 18.3 Å². The zero-order valence-electron chi connectivity index (χ0n) is 13.0. The first kappa shape index (κ1) is 15.2. The van der Waals surface area contributed by atoms with Crippen molar-refractivity contribution in [3.63, 3.8) is 0 Å². The Morgan fingerprint density at radius 1 is 1.45 bits per heavy atom. The third kappa shape index (κ3) is 3.23. The van der Waals surface area contributed by atoms with E-state index >= 15 is 0 Å². The predicted molar refractivity (Wildman–Crippen MR) is 85.9 cm³/mol. The summed E-state index contributed by atoms with van der Waals surface area (Å²) in [6, 6.07) is 3.86. The molecule has 1 amide bonds. The van der Waals surface area contributed by atoms with E-state index in [-0.39, 0.29) is 11.9 Å². The summed E-state index contributed by atoms with van der Waals surface area (Å²) in [5.74, 6) is 0.816. The first-order valence-electron chi connectivity index (χ1n) is 7.99. The van der Waals surface area contributed by atoms with Crippen molar-refractivity contribution in [2.75, 3.05) is 29.9 Å². The number of nitrogens with two attached hydrogens (primary N) is 1. The lowest BCUT2D eigenvalue weighted by molar-refractivity contribution is -0.145. The molecule has 2 unspecified atom stereocenters. The second-order valence-corrected chi connectivity index (χ2v) is 6.39. The van der Waals surface area contributed by atoms with Crippen LogP contribution >= 0.6 is 0 Å². The molecule has 2 aliphatic heterocycles. The summed E-state index contributed by atoms with van der Waals surface area (Å²) >= 11 is 0. The Kier molecular flexibility index (Phi) is 4.31. The Morgan fingerprint density at radius 3 is 2.86 bits per heavy atom. The van der Waals surface area contributed by atoms with Gasteiger partial charge in [0.1, 0.15) is 11.4 Å². The minimum absolute atomic E-state index is 0.0140. The number of carbonyl (C=O) groups is 1. The number of rotatable bonds is 3. The number of hydrogen-bond donors (Lipinski definition) is 2. The number of ether oxygens (including phenoxy) is 1. The summed E-state index contributed by atoms with van der Waals surface area (Å²) in [6.07, 6.45) is 5.48. The van der Waals surface area contributed by atoms with Gasteiger partial charge in [-0.15, -0.1) is 0 Å². The maximum absolute atomic E-state index is 12.4. The lowest BCUT2D eigenvalue weighted by Gasteiger charge is -2.35. The Labute approximate surface area is 131 Å². The van der Waals surface area contributed by atoms with Crippen LogP contribution in [0.1, 0.15) is 32.6 Å². The molecule has 0 spiro atoms. The highest BCUT2D eigenvalue weighted by atomic mass is 16.5. The van der Waals surface area contributed by atoms with E-state index in [0.717, 1.165) is 25.3 Å². The predicted octanol–water partition coefficient (Wildman–Crippen LogP) is 1.52. The number of hydrogen-bond acceptors (Lipinski definition) is 5. The molecular weight excluding hydrogens is 280 g/mol. The van der Waals surface area contributed by atoms with Gasteiger partial charge in [0.2, 0.25) is 0 Å². The van der Waals surface area contributed by atoms with Crippen LogP contribution in [0, 0.1) is 0 Å². The van der Waals surface area contributed by atoms with E-state index in [1.54, 1.807) is 13.1 Å². The Morgan fingerprint density at radius 2 is 2.23 bits per heavy atom. The van der Waals surface area contributed by atoms with Gasteiger partial charge >= 0.3 is 0 Å². The molecule has 1 aromatic heterocycles. The number of anilines is 2. The number of aromatic nitrogens is 1. The lowest BCUT2D eigenvalue weighted by atomic mass is 9.91. The minimum atomic E-state index is -0.856. The summed E-state index contributed by atoms with van der Waals surface area (Å²) in [5.41, 5.74) is 5.79. The molecule has 3 N–H and O–H groups in total. The van der Waals surface area contributed by atoms with Crippen molar-refractivity contribution < 1.29 is 9.53 Å². The van der Waals surface area contributed by atoms with Gasteiger partial charge in [0.05, 0.1) is 11.9 Å².